The molecule has 0 radical (unpaired) electrons. The van der Waals surface area contributed by atoms with Gasteiger partial charge in [-0.1, -0.05) is 24.3 Å². The van der Waals surface area contributed by atoms with Crippen molar-refractivity contribution < 1.29 is 9.53 Å². The first-order chi connectivity index (χ1) is 11.0. The van der Waals surface area contributed by atoms with Gasteiger partial charge in [0.15, 0.2) is 6.10 Å². The molecule has 1 aliphatic rings. The molecule has 23 heavy (non-hydrogen) atoms. The fourth-order valence-electron chi connectivity index (χ4n) is 3.00. The van der Waals surface area contributed by atoms with Gasteiger partial charge in [0.25, 0.3) is 5.91 Å². The van der Waals surface area contributed by atoms with Crippen LogP contribution in [-0.2, 0) is 11.2 Å². The van der Waals surface area contributed by atoms with E-state index in [-0.39, 0.29) is 11.9 Å². The van der Waals surface area contributed by atoms with Crippen molar-refractivity contribution in [2.24, 2.45) is 0 Å². The third-order valence-electron chi connectivity index (χ3n) is 4.21. The summed E-state index contributed by atoms with van der Waals surface area (Å²) >= 11 is 0. The van der Waals surface area contributed by atoms with Gasteiger partial charge in [-0.2, -0.15) is 0 Å². The number of nitrogens with zero attached hydrogens (tertiary/aromatic N) is 1. The Bertz CT molecular complexity index is 740. The van der Waals surface area contributed by atoms with Gasteiger partial charge < -0.3 is 15.4 Å². The fraction of sp³-hybridized carbons (Fsp3) is 0.316. The Hall–Kier alpha value is -2.49. The molecule has 3 rings (SSSR count). The van der Waals surface area contributed by atoms with Crippen LogP contribution in [0.4, 0.5) is 11.4 Å². The van der Waals surface area contributed by atoms with E-state index < -0.39 is 6.10 Å². The second-order valence-corrected chi connectivity index (χ2v) is 6.27. The third-order valence-corrected chi connectivity index (χ3v) is 4.21. The molecule has 1 atom stereocenters. The van der Waals surface area contributed by atoms with Crippen molar-refractivity contribution in [2.45, 2.75) is 39.3 Å². The van der Waals surface area contributed by atoms with Crippen LogP contribution in [0.2, 0.25) is 0 Å². The van der Waals surface area contributed by atoms with Gasteiger partial charge in [0, 0.05) is 24.2 Å². The lowest BCUT2D eigenvalue weighted by Gasteiger charge is -2.37. The van der Waals surface area contributed by atoms with Gasteiger partial charge >= 0.3 is 0 Å². The maximum Gasteiger partial charge on any atom is 0.268 e. The fourth-order valence-corrected chi connectivity index (χ4v) is 3.00. The minimum absolute atomic E-state index is 0.000486. The summed E-state index contributed by atoms with van der Waals surface area (Å²) in [5.41, 5.74) is 9.60. The first-order valence-electron chi connectivity index (χ1n) is 7.91. The number of anilines is 2. The molecule has 1 aliphatic heterocycles. The van der Waals surface area contributed by atoms with E-state index in [1.165, 1.54) is 5.56 Å². The van der Waals surface area contributed by atoms with E-state index in [2.05, 4.69) is 13.0 Å². The summed E-state index contributed by atoms with van der Waals surface area (Å²) in [5, 5.41) is 0. The molecule has 0 aromatic heterocycles. The topological polar surface area (TPSA) is 55.6 Å². The van der Waals surface area contributed by atoms with Gasteiger partial charge in [0.1, 0.15) is 5.75 Å². The first kappa shape index (κ1) is 15.4. The number of amides is 1. The van der Waals surface area contributed by atoms with Gasteiger partial charge in [-0.05, 0) is 44.0 Å². The Morgan fingerprint density at radius 2 is 1.96 bits per heavy atom. The molecule has 2 N–H and O–H groups in total. The van der Waals surface area contributed by atoms with Crippen LogP contribution in [0.1, 0.15) is 25.0 Å². The molecule has 1 amide bonds. The van der Waals surface area contributed by atoms with Crippen molar-refractivity contribution in [3.8, 4) is 5.75 Å². The van der Waals surface area contributed by atoms with Crippen LogP contribution in [0.3, 0.4) is 0 Å². The molecule has 0 spiro atoms. The van der Waals surface area contributed by atoms with E-state index in [0.717, 1.165) is 11.3 Å². The highest BCUT2D eigenvalue weighted by Crippen LogP contribution is 2.37. The van der Waals surface area contributed by atoms with Crippen molar-refractivity contribution in [2.75, 3.05) is 10.6 Å². The zero-order valence-corrected chi connectivity index (χ0v) is 13.7. The van der Waals surface area contributed by atoms with Gasteiger partial charge in [0.2, 0.25) is 0 Å². The molecule has 120 valence electrons. The summed E-state index contributed by atoms with van der Waals surface area (Å²) in [6.45, 7) is 6.07. The first-order valence-corrected chi connectivity index (χ1v) is 7.91. The number of benzene rings is 2. The number of hydrogen-bond donors (Lipinski definition) is 1. The summed E-state index contributed by atoms with van der Waals surface area (Å²) in [4.78, 5) is 14.7. The van der Waals surface area contributed by atoms with Crippen molar-refractivity contribution in [3.05, 3.63) is 53.6 Å². The van der Waals surface area contributed by atoms with Crippen LogP contribution in [0, 0.1) is 6.92 Å². The van der Waals surface area contributed by atoms with Gasteiger partial charge in [-0.3, -0.25) is 4.79 Å². The zero-order chi connectivity index (χ0) is 16.6. The van der Waals surface area contributed by atoms with Crippen molar-refractivity contribution in [1.29, 1.82) is 0 Å². The number of aryl methyl sites for hydroxylation is 1. The Balaban J connectivity index is 1.97. The minimum Gasteiger partial charge on any atom is -0.478 e. The van der Waals surface area contributed by atoms with Crippen LogP contribution in [0.5, 0.6) is 5.75 Å². The molecule has 0 saturated carbocycles. The van der Waals surface area contributed by atoms with Crippen molar-refractivity contribution >= 4 is 17.3 Å². The van der Waals surface area contributed by atoms with E-state index in [4.69, 9.17) is 10.5 Å². The van der Waals surface area contributed by atoms with Crippen LogP contribution < -0.4 is 15.4 Å². The predicted octanol–water partition coefficient (Wildman–Crippen LogP) is 3.32. The Labute approximate surface area is 136 Å². The van der Waals surface area contributed by atoms with Crippen molar-refractivity contribution in [1.82, 2.24) is 0 Å². The van der Waals surface area contributed by atoms with Crippen LogP contribution in [0.15, 0.2) is 42.5 Å². The van der Waals surface area contributed by atoms with Gasteiger partial charge in [-0.25, -0.2) is 0 Å². The second kappa shape index (κ2) is 5.95. The number of ether oxygens (including phenoxy) is 1. The smallest absolute Gasteiger partial charge is 0.268 e. The number of rotatable bonds is 3. The largest absolute Gasteiger partial charge is 0.478 e. The highest BCUT2D eigenvalue weighted by Gasteiger charge is 2.36. The number of carbonyl (C=O) groups excluding carboxylic acids is 1. The molecule has 0 fully saturated rings. The number of carbonyl (C=O) groups is 1. The molecule has 0 bridgehead atoms. The second-order valence-electron chi connectivity index (χ2n) is 6.27. The predicted molar refractivity (Wildman–Crippen MR) is 92.8 cm³/mol. The third kappa shape index (κ3) is 2.89. The molecule has 2 aromatic carbocycles. The van der Waals surface area contributed by atoms with Crippen molar-refractivity contribution in [3.63, 3.8) is 0 Å². The van der Waals surface area contributed by atoms with E-state index in [9.17, 15) is 4.79 Å². The molecule has 1 unspecified atom stereocenters. The Morgan fingerprint density at radius 3 is 2.65 bits per heavy atom. The summed E-state index contributed by atoms with van der Waals surface area (Å²) < 4.78 is 5.99. The molecule has 4 nitrogen and oxygen atoms in total. The lowest BCUT2D eigenvalue weighted by Crippen LogP contribution is -2.50. The lowest BCUT2D eigenvalue weighted by atomic mass is 10.00. The maximum absolute atomic E-state index is 12.9. The Kier molecular flexibility index (Phi) is 3.99. The van der Waals surface area contributed by atoms with Gasteiger partial charge in [0.05, 0.1) is 5.69 Å². The molecule has 1 heterocycles. The quantitative estimate of drug-likeness (QED) is 0.885. The normalized spacial score (nSPS) is 17.1. The molecular formula is C19H22N2O2. The molecule has 0 aliphatic carbocycles. The highest BCUT2D eigenvalue weighted by molar-refractivity contribution is 6.01. The summed E-state index contributed by atoms with van der Waals surface area (Å²) in [6.07, 6.45) is 0.0379. The van der Waals surface area contributed by atoms with Crippen LogP contribution >= 0.6 is 0 Å². The highest BCUT2D eigenvalue weighted by atomic mass is 16.5. The van der Waals surface area contributed by atoms with E-state index >= 15 is 0 Å². The maximum atomic E-state index is 12.9. The monoisotopic (exact) mass is 310 g/mol. The summed E-state index contributed by atoms with van der Waals surface area (Å²) in [7, 11) is 0. The Morgan fingerprint density at radius 1 is 1.22 bits per heavy atom. The average molecular weight is 310 g/mol. The molecule has 2 aromatic rings. The van der Waals surface area contributed by atoms with E-state index in [1.807, 2.05) is 38.1 Å². The van der Waals surface area contributed by atoms with E-state index in [0.29, 0.717) is 17.9 Å². The molecule has 0 saturated heterocycles. The molecule has 4 heteroatoms. The average Bonchev–Trinajstić information content (AvgIpc) is 2.50. The van der Waals surface area contributed by atoms with Gasteiger partial charge in [-0.15, -0.1) is 0 Å². The zero-order valence-electron chi connectivity index (χ0n) is 13.7. The number of nitrogen functional groups attached to an aromatic ring is 1. The minimum atomic E-state index is -0.521. The SMILES string of the molecule is Cc1ccccc1CC1Oc2cc(N)ccc2N(C(C)C)C1=O. The standard InChI is InChI=1S/C19H22N2O2/c1-12(2)21-16-9-8-15(20)11-17(16)23-18(19(21)22)10-14-7-5-4-6-13(14)3/h4-9,11-12,18H,10,20H2,1-3H3. The van der Waals surface area contributed by atoms with E-state index in [1.54, 1.807) is 17.0 Å². The van der Waals surface area contributed by atoms with Crippen LogP contribution in [0.25, 0.3) is 0 Å². The number of nitrogens with two attached hydrogens (primary N) is 1. The summed E-state index contributed by atoms with van der Waals surface area (Å²) in [6, 6.07) is 13.6. The number of hydrogen-bond acceptors (Lipinski definition) is 3. The summed E-state index contributed by atoms with van der Waals surface area (Å²) in [5.74, 6) is 0.678. The van der Waals surface area contributed by atoms with Crippen LogP contribution in [-0.4, -0.2) is 18.1 Å². The number of fused-ring (bicyclic) bond motifs is 1. The lowest BCUT2D eigenvalue weighted by molar-refractivity contribution is -0.126. The molecular weight excluding hydrogens is 288 g/mol.